The van der Waals surface area contributed by atoms with Crippen LogP contribution in [0, 0.1) is 5.92 Å². The Bertz CT molecular complexity index is 746. The Balaban J connectivity index is 1.88. The molecular weight excluding hydrogens is 276 g/mol. The molecule has 112 valence electrons. The molecule has 0 unspecified atom stereocenters. The zero-order chi connectivity index (χ0) is 15.5. The molecule has 5 heteroatoms. The molecule has 22 heavy (non-hydrogen) atoms. The highest BCUT2D eigenvalue weighted by atomic mass is 16.1. The summed E-state index contributed by atoms with van der Waals surface area (Å²) in [6, 6.07) is 12.9. The molecule has 0 saturated carbocycles. The second-order valence-corrected chi connectivity index (χ2v) is 5.55. The van der Waals surface area contributed by atoms with Gasteiger partial charge in [0.25, 0.3) is 5.91 Å². The standard InChI is InChI=1S/C17H18N4O/c1-11(2)15(21-17(22)14-9-5-6-10-18-14)16-19-12-7-3-4-8-13(12)20-16/h3-11,15H,1-2H3,(H,19,20)(H,21,22)/t15-/m0/s1. The summed E-state index contributed by atoms with van der Waals surface area (Å²) in [5, 5.41) is 3.01. The number of fused-ring (bicyclic) bond motifs is 1. The molecule has 3 aromatic rings. The molecule has 0 aliphatic heterocycles. The van der Waals surface area contributed by atoms with Gasteiger partial charge in [0.05, 0.1) is 17.1 Å². The zero-order valence-electron chi connectivity index (χ0n) is 12.6. The Labute approximate surface area is 128 Å². The zero-order valence-corrected chi connectivity index (χ0v) is 12.6. The van der Waals surface area contributed by atoms with Gasteiger partial charge in [0.2, 0.25) is 0 Å². The first-order valence-corrected chi connectivity index (χ1v) is 7.31. The minimum Gasteiger partial charge on any atom is -0.340 e. The molecule has 0 fully saturated rings. The highest BCUT2D eigenvalue weighted by Gasteiger charge is 2.22. The van der Waals surface area contributed by atoms with E-state index in [4.69, 9.17) is 0 Å². The maximum Gasteiger partial charge on any atom is 0.270 e. The Morgan fingerprint density at radius 3 is 2.59 bits per heavy atom. The first-order chi connectivity index (χ1) is 10.6. The van der Waals surface area contributed by atoms with Crippen molar-refractivity contribution in [2.24, 2.45) is 5.92 Å². The number of H-pyrrole nitrogens is 1. The van der Waals surface area contributed by atoms with Crippen LogP contribution in [0.1, 0.15) is 36.2 Å². The van der Waals surface area contributed by atoms with E-state index in [1.165, 1.54) is 0 Å². The summed E-state index contributed by atoms with van der Waals surface area (Å²) in [6.07, 6.45) is 1.61. The van der Waals surface area contributed by atoms with Gasteiger partial charge < -0.3 is 10.3 Å². The van der Waals surface area contributed by atoms with Gasteiger partial charge in [-0.2, -0.15) is 0 Å². The number of carbonyl (C=O) groups excluding carboxylic acids is 1. The van der Waals surface area contributed by atoms with E-state index in [0.29, 0.717) is 5.69 Å². The van der Waals surface area contributed by atoms with Crippen LogP contribution in [0.3, 0.4) is 0 Å². The number of carbonyl (C=O) groups is 1. The van der Waals surface area contributed by atoms with Gasteiger partial charge in [-0.25, -0.2) is 4.98 Å². The Morgan fingerprint density at radius 1 is 1.14 bits per heavy atom. The van der Waals surface area contributed by atoms with Gasteiger partial charge in [0.1, 0.15) is 11.5 Å². The molecule has 0 spiro atoms. The van der Waals surface area contributed by atoms with Crippen LogP contribution in [0.2, 0.25) is 0 Å². The van der Waals surface area contributed by atoms with E-state index in [9.17, 15) is 4.79 Å². The Morgan fingerprint density at radius 2 is 1.91 bits per heavy atom. The summed E-state index contributed by atoms with van der Waals surface area (Å²) in [7, 11) is 0. The summed E-state index contributed by atoms with van der Waals surface area (Å²) >= 11 is 0. The minimum atomic E-state index is -0.195. The second-order valence-electron chi connectivity index (χ2n) is 5.55. The summed E-state index contributed by atoms with van der Waals surface area (Å²) in [5.41, 5.74) is 2.27. The van der Waals surface area contributed by atoms with E-state index in [0.717, 1.165) is 16.9 Å². The van der Waals surface area contributed by atoms with Crippen LogP contribution < -0.4 is 5.32 Å². The molecule has 2 aromatic heterocycles. The van der Waals surface area contributed by atoms with Crippen LogP contribution in [0.4, 0.5) is 0 Å². The summed E-state index contributed by atoms with van der Waals surface area (Å²) in [4.78, 5) is 24.3. The van der Waals surface area contributed by atoms with Crippen LogP contribution >= 0.6 is 0 Å². The van der Waals surface area contributed by atoms with Crippen molar-refractivity contribution in [1.29, 1.82) is 0 Å². The molecular formula is C17H18N4O. The van der Waals surface area contributed by atoms with Crippen molar-refractivity contribution in [3.8, 4) is 0 Å². The van der Waals surface area contributed by atoms with E-state index in [2.05, 4.69) is 34.1 Å². The maximum atomic E-state index is 12.3. The molecule has 3 rings (SSSR count). The van der Waals surface area contributed by atoms with Crippen molar-refractivity contribution >= 4 is 16.9 Å². The fourth-order valence-corrected chi connectivity index (χ4v) is 2.38. The number of aromatic nitrogens is 3. The normalized spacial score (nSPS) is 12.5. The molecule has 2 heterocycles. The van der Waals surface area contributed by atoms with Gasteiger partial charge in [-0.1, -0.05) is 32.0 Å². The summed E-state index contributed by atoms with van der Waals surface area (Å²) in [5.74, 6) is 0.772. The fourth-order valence-electron chi connectivity index (χ4n) is 2.38. The number of rotatable bonds is 4. The molecule has 2 N–H and O–H groups in total. The fraction of sp³-hybridized carbons (Fsp3) is 0.235. The lowest BCUT2D eigenvalue weighted by Crippen LogP contribution is -2.33. The van der Waals surface area contributed by atoms with Gasteiger partial charge >= 0.3 is 0 Å². The number of hydrogen-bond acceptors (Lipinski definition) is 3. The first-order valence-electron chi connectivity index (χ1n) is 7.31. The SMILES string of the molecule is CC(C)[C@H](NC(=O)c1ccccn1)c1nc2ccccc2[nH]1. The van der Waals surface area contributed by atoms with E-state index >= 15 is 0 Å². The molecule has 0 radical (unpaired) electrons. The van der Waals surface area contributed by atoms with Crippen molar-refractivity contribution in [1.82, 2.24) is 20.3 Å². The van der Waals surface area contributed by atoms with Crippen molar-refractivity contribution in [3.05, 3.63) is 60.2 Å². The highest BCUT2D eigenvalue weighted by molar-refractivity contribution is 5.92. The van der Waals surface area contributed by atoms with E-state index in [1.54, 1.807) is 24.4 Å². The van der Waals surface area contributed by atoms with E-state index in [-0.39, 0.29) is 17.9 Å². The van der Waals surface area contributed by atoms with Crippen molar-refractivity contribution < 1.29 is 4.79 Å². The largest absolute Gasteiger partial charge is 0.340 e. The van der Waals surface area contributed by atoms with E-state index in [1.807, 2.05) is 24.3 Å². The number of aromatic amines is 1. The number of hydrogen-bond donors (Lipinski definition) is 2. The second kappa shape index (κ2) is 5.97. The molecule has 0 saturated heterocycles. The quantitative estimate of drug-likeness (QED) is 0.776. The van der Waals surface area contributed by atoms with Crippen LogP contribution in [0.5, 0.6) is 0 Å². The van der Waals surface area contributed by atoms with Crippen LogP contribution in [-0.2, 0) is 0 Å². The predicted molar refractivity (Wildman–Crippen MR) is 85.4 cm³/mol. The summed E-state index contributed by atoms with van der Waals surface area (Å²) < 4.78 is 0. The summed E-state index contributed by atoms with van der Waals surface area (Å²) in [6.45, 7) is 4.10. The van der Waals surface area contributed by atoms with Crippen molar-refractivity contribution in [3.63, 3.8) is 0 Å². The monoisotopic (exact) mass is 294 g/mol. The van der Waals surface area contributed by atoms with Crippen LogP contribution in [0.25, 0.3) is 11.0 Å². The molecule has 1 aromatic carbocycles. The van der Waals surface area contributed by atoms with Crippen LogP contribution in [-0.4, -0.2) is 20.9 Å². The number of benzene rings is 1. The molecule has 0 bridgehead atoms. The lowest BCUT2D eigenvalue weighted by Gasteiger charge is -2.20. The van der Waals surface area contributed by atoms with Crippen molar-refractivity contribution in [2.75, 3.05) is 0 Å². The Kier molecular flexibility index (Phi) is 3.87. The number of amides is 1. The number of para-hydroxylation sites is 2. The van der Waals surface area contributed by atoms with Crippen molar-refractivity contribution in [2.45, 2.75) is 19.9 Å². The predicted octanol–water partition coefficient (Wildman–Crippen LogP) is 3.09. The van der Waals surface area contributed by atoms with Gasteiger partial charge in [0.15, 0.2) is 0 Å². The number of nitrogens with zero attached hydrogens (tertiary/aromatic N) is 2. The smallest absolute Gasteiger partial charge is 0.270 e. The number of pyridine rings is 1. The molecule has 0 aliphatic rings. The van der Waals surface area contributed by atoms with Gasteiger partial charge in [-0.05, 0) is 30.2 Å². The third kappa shape index (κ3) is 2.83. The third-order valence-electron chi connectivity index (χ3n) is 3.55. The average molecular weight is 294 g/mol. The lowest BCUT2D eigenvalue weighted by atomic mass is 10.0. The lowest BCUT2D eigenvalue weighted by molar-refractivity contribution is 0.0918. The van der Waals surface area contributed by atoms with Gasteiger partial charge in [-0.3, -0.25) is 9.78 Å². The minimum absolute atomic E-state index is 0.193. The topological polar surface area (TPSA) is 70.7 Å². The molecule has 5 nitrogen and oxygen atoms in total. The highest BCUT2D eigenvalue weighted by Crippen LogP contribution is 2.22. The Hall–Kier alpha value is -2.69. The maximum absolute atomic E-state index is 12.3. The van der Waals surface area contributed by atoms with Crippen LogP contribution in [0.15, 0.2) is 48.7 Å². The average Bonchev–Trinajstić information content (AvgIpc) is 2.96. The molecule has 1 amide bonds. The number of imidazole rings is 1. The van der Waals surface area contributed by atoms with Gasteiger partial charge in [-0.15, -0.1) is 0 Å². The third-order valence-corrected chi connectivity index (χ3v) is 3.55. The van der Waals surface area contributed by atoms with Gasteiger partial charge in [0, 0.05) is 6.20 Å². The molecule has 1 atom stereocenters. The first kappa shape index (κ1) is 14.3. The molecule has 0 aliphatic carbocycles. The van der Waals surface area contributed by atoms with E-state index < -0.39 is 0 Å². The number of nitrogens with one attached hydrogen (secondary N) is 2.